The molecule has 4 rings (SSSR count). The van der Waals surface area contributed by atoms with E-state index in [2.05, 4.69) is 39.4 Å². The van der Waals surface area contributed by atoms with Crippen molar-refractivity contribution >= 4 is 32.5 Å². The molecule has 0 aliphatic heterocycles. The molecule has 0 radical (unpaired) electrons. The number of nitrogens with zero attached hydrogens (tertiary/aromatic N) is 2. The van der Waals surface area contributed by atoms with Crippen LogP contribution in [0.5, 0.6) is 0 Å². The van der Waals surface area contributed by atoms with Crippen LogP contribution in [0.1, 0.15) is 0 Å². The van der Waals surface area contributed by atoms with Gasteiger partial charge in [-0.3, -0.25) is 5.10 Å². The first-order valence-electron chi connectivity index (χ1n) is 5.68. The molecule has 0 atom stereocenters. The Kier molecular flexibility index (Phi) is 1.98. The maximum Gasteiger partial charge on any atom is 0.0818 e. The minimum Gasteiger partial charge on any atom is -0.278 e. The zero-order chi connectivity index (χ0) is 11.9. The Hall–Kier alpha value is -2.20. The number of hydrogen-bond donors (Lipinski definition) is 1. The second-order valence-electron chi connectivity index (χ2n) is 4.14. The van der Waals surface area contributed by atoms with Crippen LogP contribution in [0.25, 0.3) is 32.2 Å². The summed E-state index contributed by atoms with van der Waals surface area (Å²) in [7, 11) is 0. The predicted octanol–water partition coefficient (Wildman–Crippen LogP) is 3.84. The van der Waals surface area contributed by atoms with Crippen molar-refractivity contribution in [3.63, 3.8) is 0 Å². The van der Waals surface area contributed by atoms with Gasteiger partial charge in [-0.2, -0.15) is 5.10 Å². The fourth-order valence-corrected chi connectivity index (χ4v) is 3.12. The molecule has 2 heterocycles. The topological polar surface area (TPSA) is 41.6 Å². The van der Waals surface area contributed by atoms with E-state index < -0.39 is 0 Å². The average molecular weight is 251 g/mol. The lowest BCUT2D eigenvalue weighted by Crippen LogP contribution is -1.80. The Balaban J connectivity index is 2.13. The number of rotatable bonds is 1. The van der Waals surface area contributed by atoms with Gasteiger partial charge in [-0.15, -0.1) is 11.3 Å². The van der Waals surface area contributed by atoms with Crippen molar-refractivity contribution in [2.24, 2.45) is 0 Å². The van der Waals surface area contributed by atoms with Crippen molar-refractivity contribution in [3.8, 4) is 11.1 Å². The van der Waals surface area contributed by atoms with E-state index in [4.69, 9.17) is 0 Å². The summed E-state index contributed by atoms with van der Waals surface area (Å²) < 4.78 is 1.23. The monoisotopic (exact) mass is 251 g/mol. The van der Waals surface area contributed by atoms with Gasteiger partial charge in [0.1, 0.15) is 0 Å². The Morgan fingerprint density at radius 2 is 1.89 bits per heavy atom. The van der Waals surface area contributed by atoms with Gasteiger partial charge in [-0.05, 0) is 17.7 Å². The van der Waals surface area contributed by atoms with Crippen LogP contribution in [0.4, 0.5) is 0 Å². The maximum absolute atomic E-state index is 4.37. The standard InChI is InChI=1S/C14H9N3S/c1-3-9(11-7-16-17-12(11)5-1)10-4-2-6-13-14(10)18-8-15-13/h1-8H,(H,16,17). The third kappa shape index (κ3) is 1.29. The molecule has 0 aliphatic rings. The van der Waals surface area contributed by atoms with Gasteiger partial charge in [0, 0.05) is 10.9 Å². The summed E-state index contributed by atoms with van der Waals surface area (Å²) in [6.07, 6.45) is 1.88. The number of nitrogens with one attached hydrogen (secondary N) is 1. The molecule has 3 nitrogen and oxygen atoms in total. The predicted molar refractivity (Wildman–Crippen MR) is 74.7 cm³/mol. The number of H-pyrrole nitrogens is 1. The molecule has 0 spiro atoms. The van der Waals surface area contributed by atoms with Crippen molar-refractivity contribution in [2.45, 2.75) is 0 Å². The summed E-state index contributed by atoms with van der Waals surface area (Å²) in [6.45, 7) is 0. The summed E-state index contributed by atoms with van der Waals surface area (Å²) >= 11 is 1.68. The van der Waals surface area contributed by atoms with E-state index in [0.717, 1.165) is 16.4 Å². The van der Waals surface area contributed by atoms with Gasteiger partial charge in [0.25, 0.3) is 0 Å². The molecule has 0 bridgehead atoms. The van der Waals surface area contributed by atoms with Crippen molar-refractivity contribution in [2.75, 3.05) is 0 Å². The van der Waals surface area contributed by atoms with Gasteiger partial charge in [-0.1, -0.05) is 24.3 Å². The first-order chi connectivity index (χ1) is 8.93. The second kappa shape index (κ2) is 3.65. The third-order valence-corrected chi connectivity index (χ3v) is 4.01. The average Bonchev–Trinajstić information content (AvgIpc) is 3.06. The second-order valence-corrected chi connectivity index (χ2v) is 5.00. The molecule has 0 fully saturated rings. The van der Waals surface area contributed by atoms with E-state index in [1.54, 1.807) is 11.3 Å². The van der Waals surface area contributed by atoms with E-state index in [-0.39, 0.29) is 0 Å². The lowest BCUT2D eigenvalue weighted by molar-refractivity contribution is 1.12. The lowest BCUT2D eigenvalue weighted by atomic mass is 10.0. The van der Waals surface area contributed by atoms with Crippen LogP contribution >= 0.6 is 11.3 Å². The zero-order valence-electron chi connectivity index (χ0n) is 9.42. The number of thiazole rings is 1. The van der Waals surface area contributed by atoms with Crippen molar-refractivity contribution in [1.29, 1.82) is 0 Å². The number of benzene rings is 2. The smallest absolute Gasteiger partial charge is 0.0818 e. The van der Waals surface area contributed by atoms with Crippen LogP contribution in [-0.2, 0) is 0 Å². The normalized spacial score (nSPS) is 11.3. The van der Waals surface area contributed by atoms with Crippen LogP contribution in [-0.4, -0.2) is 15.2 Å². The van der Waals surface area contributed by atoms with Gasteiger partial charge in [-0.25, -0.2) is 4.98 Å². The fraction of sp³-hybridized carbons (Fsp3) is 0. The summed E-state index contributed by atoms with van der Waals surface area (Å²) in [5, 5.41) is 8.28. The van der Waals surface area contributed by atoms with Crippen LogP contribution in [0, 0.1) is 0 Å². The number of aromatic amines is 1. The summed E-state index contributed by atoms with van der Waals surface area (Å²) in [4.78, 5) is 4.37. The number of fused-ring (bicyclic) bond motifs is 2. The Morgan fingerprint density at radius 3 is 2.89 bits per heavy atom. The molecule has 0 amide bonds. The van der Waals surface area contributed by atoms with Gasteiger partial charge >= 0.3 is 0 Å². The number of aromatic nitrogens is 3. The first kappa shape index (κ1) is 9.79. The highest BCUT2D eigenvalue weighted by Gasteiger charge is 2.09. The zero-order valence-corrected chi connectivity index (χ0v) is 10.2. The van der Waals surface area contributed by atoms with Crippen LogP contribution in [0.2, 0.25) is 0 Å². The van der Waals surface area contributed by atoms with Gasteiger partial charge in [0.05, 0.1) is 27.4 Å². The molecular formula is C14H9N3S. The highest BCUT2D eigenvalue weighted by molar-refractivity contribution is 7.17. The van der Waals surface area contributed by atoms with Crippen molar-refractivity contribution in [1.82, 2.24) is 15.2 Å². The molecule has 2 aromatic carbocycles. The molecule has 2 aromatic heterocycles. The molecule has 4 aromatic rings. The quantitative estimate of drug-likeness (QED) is 0.558. The summed E-state index contributed by atoms with van der Waals surface area (Å²) in [5.74, 6) is 0. The molecule has 86 valence electrons. The van der Waals surface area contributed by atoms with E-state index in [1.807, 2.05) is 23.8 Å². The molecule has 1 N–H and O–H groups in total. The van der Waals surface area contributed by atoms with Crippen molar-refractivity contribution in [3.05, 3.63) is 48.1 Å². The molecule has 0 saturated heterocycles. The molecule has 4 heteroatoms. The summed E-state index contributed by atoms with van der Waals surface area (Å²) in [6, 6.07) is 12.5. The third-order valence-electron chi connectivity index (χ3n) is 3.13. The molecular weight excluding hydrogens is 242 g/mol. The fourth-order valence-electron chi connectivity index (χ4n) is 2.30. The van der Waals surface area contributed by atoms with Crippen LogP contribution in [0.15, 0.2) is 48.1 Å². The largest absolute Gasteiger partial charge is 0.278 e. The van der Waals surface area contributed by atoms with Crippen LogP contribution < -0.4 is 0 Å². The maximum atomic E-state index is 4.37. The highest BCUT2D eigenvalue weighted by atomic mass is 32.1. The van der Waals surface area contributed by atoms with Gasteiger partial charge in [0.2, 0.25) is 0 Å². The first-order valence-corrected chi connectivity index (χ1v) is 6.56. The highest BCUT2D eigenvalue weighted by Crippen LogP contribution is 2.34. The molecule has 0 aliphatic carbocycles. The molecule has 0 saturated carbocycles. The van der Waals surface area contributed by atoms with Gasteiger partial charge in [0.15, 0.2) is 0 Å². The Bertz CT molecular complexity index is 772. The molecule has 0 unspecified atom stereocenters. The molecule has 18 heavy (non-hydrogen) atoms. The summed E-state index contributed by atoms with van der Waals surface area (Å²) in [5.41, 5.74) is 6.44. The van der Waals surface area contributed by atoms with E-state index in [9.17, 15) is 0 Å². The number of hydrogen-bond acceptors (Lipinski definition) is 3. The minimum absolute atomic E-state index is 1.05. The van der Waals surface area contributed by atoms with E-state index in [1.165, 1.54) is 15.8 Å². The Labute approximate surface area is 107 Å². The van der Waals surface area contributed by atoms with Gasteiger partial charge < -0.3 is 0 Å². The van der Waals surface area contributed by atoms with Crippen molar-refractivity contribution < 1.29 is 0 Å². The SMILES string of the molecule is c1cc(-c2cccc3[nH]ncc23)c2scnc2c1. The van der Waals surface area contributed by atoms with Crippen LogP contribution in [0.3, 0.4) is 0 Å². The Morgan fingerprint density at radius 1 is 1.00 bits per heavy atom. The van der Waals surface area contributed by atoms with E-state index in [0.29, 0.717) is 0 Å². The lowest BCUT2D eigenvalue weighted by Gasteiger charge is -2.04. The van der Waals surface area contributed by atoms with E-state index >= 15 is 0 Å². The minimum atomic E-state index is 1.05.